The van der Waals surface area contributed by atoms with Crippen LogP contribution in [0.15, 0.2) is 49.1 Å². The molecular weight excluding hydrogens is 422 g/mol. The molecule has 0 aliphatic carbocycles. The summed E-state index contributed by atoms with van der Waals surface area (Å²) < 4.78 is 4.78. The number of carboxylic acids is 2. The molecule has 3 N–H and O–H groups in total. The Labute approximate surface area is 196 Å². The number of nitrogens with one attached hydrogen (secondary N) is 1. The maximum atomic E-state index is 12.0. The van der Waals surface area contributed by atoms with Crippen LogP contribution in [0.4, 0.5) is 5.69 Å². The van der Waals surface area contributed by atoms with Crippen molar-refractivity contribution in [2.24, 2.45) is 0 Å². The number of ether oxygens (including phenoxy) is 1. The monoisotopic (exact) mass is 459 g/mol. The lowest BCUT2D eigenvalue weighted by Crippen LogP contribution is -2.29. The van der Waals surface area contributed by atoms with Gasteiger partial charge in [0.1, 0.15) is 0 Å². The molecule has 0 amide bonds. The molecule has 1 rings (SSSR count). The summed E-state index contributed by atoms with van der Waals surface area (Å²) >= 11 is 0. The molecule has 0 radical (unpaired) electrons. The molecule has 0 spiro atoms. The quantitative estimate of drug-likeness (QED) is 0.136. The van der Waals surface area contributed by atoms with E-state index in [2.05, 4.69) is 24.0 Å². The molecule has 0 bridgehead atoms. The Morgan fingerprint density at radius 2 is 1.45 bits per heavy atom. The highest BCUT2D eigenvalue weighted by atomic mass is 16.6. The van der Waals surface area contributed by atoms with E-state index in [1.54, 1.807) is 12.1 Å². The number of aliphatic carboxylic acids is 2. The number of hydrogen-bond donors (Lipinski definition) is 3. The predicted octanol–water partition coefficient (Wildman–Crippen LogP) is 5.83. The summed E-state index contributed by atoms with van der Waals surface area (Å²) in [4.78, 5) is 33.7. The molecule has 0 heterocycles. The Bertz CT molecular complexity index is 757. The summed E-state index contributed by atoms with van der Waals surface area (Å²) in [5.41, 5.74) is 1.00. The number of hydrogen-bond acceptors (Lipinski definition) is 5. The van der Waals surface area contributed by atoms with E-state index < -0.39 is 30.4 Å². The molecule has 0 saturated heterocycles. The fraction of sp³-hybridized carbons (Fsp3) is 0.500. The molecule has 0 aliphatic heterocycles. The van der Waals surface area contributed by atoms with E-state index in [1.165, 1.54) is 50.7 Å². The zero-order chi connectivity index (χ0) is 24.3. The number of carbonyl (C=O) groups excluding carboxylic acids is 1. The zero-order valence-electron chi connectivity index (χ0n) is 19.3. The maximum Gasteiger partial charge on any atom is 0.345 e. The van der Waals surface area contributed by atoms with Gasteiger partial charge in [-0.15, -0.1) is 6.58 Å². The Kier molecular flexibility index (Phi) is 14.8. The maximum absolute atomic E-state index is 12.0. The second-order valence-corrected chi connectivity index (χ2v) is 7.94. The van der Waals surface area contributed by atoms with Gasteiger partial charge in [0.15, 0.2) is 0 Å². The van der Waals surface area contributed by atoms with Gasteiger partial charge in [-0.1, -0.05) is 43.9 Å². The summed E-state index contributed by atoms with van der Waals surface area (Å²) in [6, 6.07) is 6.45. The van der Waals surface area contributed by atoms with Gasteiger partial charge in [0.05, 0.1) is 12.0 Å². The van der Waals surface area contributed by atoms with E-state index in [1.807, 2.05) is 6.08 Å². The Hall–Kier alpha value is -3.09. The number of carboxylic acid groups (broad SMARTS) is 2. The van der Waals surface area contributed by atoms with Crippen LogP contribution < -0.4 is 5.32 Å². The lowest BCUT2D eigenvalue weighted by Gasteiger charge is -2.12. The molecule has 7 nitrogen and oxygen atoms in total. The molecule has 1 aromatic carbocycles. The van der Waals surface area contributed by atoms with Crippen LogP contribution in [0.25, 0.3) is 0 Å². The van der Waals surface area contributed by atoms with Gasteiger partial charge < -0.3 is 20.3 Å². The van der Waals surface area contributed by atoms with Crippen molar-refractivity contribution in [1.29, 1.82) is 0 Å². The normalized spacial score (nSPS) is 11.8. The Morgan fingerprint density at radius 3 is 2.03 bits per heavy atom. The standard InChI is InChI=1S/C26H37NO6/c1-2-3-4-5-6-7-8-9-10-11-12-13-14-19-27-22-17-15-21(16-18-22)26(32)33-23(25(30)31)20-24(28)29/h2,11-12,15-18,23,27H,1,3-10,13-14,19-20H2,(H,28,29)(H,30,31). The van der Waals surface area contributed by atoms with Gasteiger partial charge in [0.25, 0.3) is 0 Å². The van der Waals surface area contributed by atoms with Crippen LogP contribution in [0.2, 0.25) is 0 Å². The van der Waals surface area contributed by atoms with Crippen LogP contribution in [-0.2, 0) is 14.3 Å². The van der Waals surface area contributed by atoms with Crippen LogP contribution in [0.3, 0.4) is 0 Å². The van der Waals surface area contributed by atoms with E-state index >= 15 is 0 Å². The summed E-state index contributed by atoms with van der Waals surface area (Å²) in [7, 11) is 0. The number of rotatable bonds is 19. The Balaban J connectivity index is 2.17. The van der Waals surface area contributed by atoms with E-state index in [-0.39, 0.29) is 5.56 Å². The minimum Gasteiger partial charge on any atom is -0.481 e. The molecule has 0 aromatic heterocycles. The molecule has 33 heavy (non-hydrogen) atoms. The average Bonchev–Trinajstić information content (AvgIpc) is 2.78. The smallest absolute Gasteiger partial charge is 0.345 e. The third-order valence-electron chi connectivity index (χ3n) is 5.08. The van der Waals surface area contributed by atoms with Gasteiger partial charge in [-0.05, 0) is 62.8 Å². The number of allylic oxidation sites excluding steroid dienone is 3. The van der Waals surface area contributed by atoms with Crippen LogP contribution in [-0.4, -0.2) is 40.8 Å². The van der Waals surface area contributed by atoms with Crippen molar-refractivity contribution in [2.75, 3.05) is 11.9 Å². The fourth-order valence-electron chi connectivity index (χ4n) is 3.21. The highest BCUT2D eigenvalue weighted by Crippen LogP contribution is 2.13. The third kappa shape index (κ3) is 13.8. The first-order chi connectivity index (χ1) is 15.9. The lowest BCUT2D eigenvalue weighted by molar-refractivity contribution is -0.153. The summed E-state index contributed by atoms with van der Waals surface area (Å²) in [5.74, 6) is -3.71. The van der Waals surface area contributed by atoms with Crippen molar-refractivity contribution in [3.05, 3.63) is 54.6 Å². The number of anilines is 1. The first-order valence-electron chi connectivity index (χ1n) is 11.7. The van der Waals surface area contributed by atoms with Crippen molar-refractivity contribution in [1.82, 2.24) is 0 Å². The third-order valence-corrected chi connectivity index (χ3v) is 5.08. The Morgan fingerprint density at radius 1 is 0.879 bits per heavy atom. The average molecular weight is 460 g/mol. The van der Waals surface area contributed by atoms with Crippen molar-refractivity contribution >= 4 is 23.6 Å². The lowest BCUT2D eigenvalue weighted by atomic mass is 10.1. The first-order valence-corrected chi connectivity index (χ1v) is 11.7. The molecule has 0 aliphatic rings. The minimum atomic E-state index is -1.71. The number of carbonyl (C=O) groups is 3. The van der Waals surface area contributed by atoms with Crippen molar-refractivity contribution < 1.29 is 29.3 Å². The second-order valence-electron chi connectivity index (χ2n) is 7.94. The van der Waals surface area contributed by atoms with Gasteiger partial charge in [-0.2, -0.15) is 0 Å². The molecule has 1 unspecified atom stereocenters. The second kappa shape index (κ2) is 17.5. The van der Waals surface area contributed by atoms with E-state index in [0.29, 0.717) is 0 Å². The van der Waals surface area contributed by atoms with Gasteiger partial charge in [0, 0.05) is 12.2 Å². The largest absolute Gasteiger partial charge is 0.481 e. The number of unbranched alkanes of at least 4 members (excludes halogenated alkanes) is 8. The molecular formula is C26H37NO6. The molecule has 182 valence electrons. The molecule has 1 atom stereocenters. The summed E-state index contributed by atoms with van der Waals surface area (Å²) in [6.45, 7) is 4.53. The van der Waals surface area contributed by atoms with E-state index in [0.717, 1.165) is 37.9 Å². The van der Waals surface area contributed by atoms with Crippen LogP contribution in [0, 0.1) is 0 Å². The zero-order valence-corrected chi connectivity index (χ0v) is 19.3. The number of benzene rings is 1. The van der Waals surface area contributed by atoms with Crippen LogP contribution >= 0.6 is 0 Å². The fourth-order valence-corrected chi connectivity index (χ4v) is 3.21. The number of esters is 1. The summed E-state index contributed by atoms with van der Waals surface area (Å²) in [6.07, 6.45) is 15.9. The van der Waals surface area contributed by atoms with Gasteiger partial charge >= 0.3 is 17.9 Å². The van der Waals surface area contributed by atoms with Crippen molar-refractivity contribution in [2.45, 2.75) is 76.7 Å². The summed E-state index contributed by atoms with van der Waals surface area (Å²) in [5, 5.41) is 20.9. The van der Waals surface area contributed by atoms with Gasteiger partial charge in [-0.3, -0.25) is 4.79 Å². The first kappa shape index (κ1) is 27.9. The highest BCUT2D eigenvalue weighted by Gasteiger charge is 2.25. The van der Waals surface area contributed by atoms with E-state index in [4.69, 9.17) is 14.9 Å². The minimum absolute atomic E-state index is 0.164. The van der Waals surface area contributed by atoms with Crippen molar-refractivity contribution in [3.8, 4) is 0 Å². The van der Waals surface area contributed by atoms with Crippen LogP contribution in [0.5, 0.6) is 0 Å². The predicted molar refractivity (Wildman–Crippen MR) is 130 cm³/mol. The van der Waals surface area contributed by atoms with Crippen LogP contribution in [0.1, 0.15) is 81.0 Å². The molecule has 7 heteroatoms. The van der Waals surface area contributed by atoms with Crippen molar-refractivity contribution in [3.63, 3.8) is 0 Å². The van der Waals surface area contributed by atoms with Gasteiger partial charge in [0.2, 0.25) is 6.10 Å². The molecule has 1 aromatic rings. The van der Waals surface area contributed by atoms with Gasteiger partial charge in [-0.25, -0.2) is 9.59 Å². The molecule has 0 saturated carbocycles. The highest BCUT2D eigenvalue weighted by molar-refractivity contribution is 5.92. The van der Waals surface area contributed by atoms with E-state index in [9.17, 15) is 14.4 Å². The SMILES string of the molecule is C=CCCCCCCCCC=CCCCNc1ccc(C(=O)OC(CC(=O)O)C(=O)O)cc1. The molecule has 0 fully saturated rings. The topological polar surface area (TPSA) is 113 Å².